The first-order chi connectivity index (χ1) is 8.77. The zero-order valence-electron chi connectivity index (χ0n) is 11.9. The van der Waals surface area contributed by atoms with Crippen LogP contribution in [0.4, 0.5) is 0 Å². The zero-order chi connectivity index (χ0) is 12.8. The SMILES string of the molecule is CN(CC1CCOCC1)C1CCCCCCC1N. The Morgan fingerprint density at radius 2 is 1.67 bits per heavy atom. The largest absolute Gasteiger partial charge is 0.381 e. The van der Waals surface area contributed by atoms with Gasteiger partial charge in [0.15, 0.2) is 0 Å². The summed E-state index contributed by atoms with van der Waals surface area (Å²) >= 11 is 0. The Kier molecular flexibility index (Phi) is 5.93. The lowest BCUT2D eigenvalue weighted by Crippen LogP contribution is -2.48. The summed E-state index contributed by atoms with van der Waals surface area (Å²) in [7, 11) is 2.28. The summed E-state index contributed by atoms with van der Waals surface area (Å²) in [6.45, 7) is 3.12. The van der Waals surface area contributed by atoms with Crippen molar-refractivity contribution in [2.75, 3.05) is 26.8 Å². The quantitative estimate of drug-likeness (QED) is 0.840. The molecule has 3 nitrogen and oxygen atoms in total. The van der Waals surface area contributed by atoms with E-state index in [0.29, 0.717) is 12.1 Å². The molecule has 1 aliphatic carbocycles. The second-order valence-electron chi connectivity index (χ2n) is 6.22. The van der Waals surface area contributed by atoms with Gasteiger partial charge in [0, 0.05) is 31.8 Å². The highest BCUT2D eigenvalue weighted by molar-refractivity contribution is 4.83. The molecule has 0 bridgehead atoms. The minimum atomic E-state index is 0.384. The molecule has 3 heteroatoms. The van der Waals surface area contributed by atoms with Gasteiger partial charge < -0.3 is 15.4 Å². The molecule has 0 radical (unpaired) electrons. The molecule has 1 saturated carbocycles. The Bertz CT molecular complexity index is 229. The fourth-order valence-electron chi connectivity index (χ4n) is 3.51. The molecule has 18 heavy (non-hydrogen) atoms. The van der Waals surface area contributed by atoms with Crippen LogP contribution in [0.25, 0.3) is 0 Å². The minimum Gasteiger partial charge on any atom is -0.381 e. The molecule has 2 atom stereocenters. The van der Waals surface area contributed by atoms with E-state index >= 15 is 0 Å². The van der Waals surface area contributed by atoms with Gasteiger partial charge in [0.25, 0.3) is 0 Å². The van der Waals surface area contributed by atoms with Gasteiger partial charge in [0.2, 0.25) is 0 Å². The van der Waals surface area contributed by atoms with Gasteiger partial charge in [-0.1, -0.05) is 25.7 Å². The van der Waals surface area contributed by atoms with E-state index in [9.17, 15) is 0 Å². The maximum Gasteiger partial charge on any atom is 0.0469 e. The first-order valence-electron chi connectivity index (χ1n) is 7.81. The van der Waals surface area contributed by atoms with Crippen molar-refractivity contribution in [1.82, 2.24) is 4.90 Å². The highest BCUT2D eigenvalue weighted by Crippen LogP contribution is 2.23. The van der Waals surface area contributed by atoms with Crippen LogP contribution in [-0.2, 0) is 4.74 Å². The fourth-order valence-corrected chi connectivity index (χ4v) is 3.51. The van der Waals surface area contributed by atoms with Gasteiger partial charge in [-0.05, 0) is 38.6 Å². The van der Waals surface area contributed by atoms with Crippen molar-refractivity contribution in [3.05, 3.63) is 0 Å². The predicted molar refractivity (Wildman–Crippen MR) is 75.6 cm³/mol. The van der Waals surface area contributed by atoms with E-state index in [1.807, 2.05) is 0 Å². The summed E-state index contributed by atoms with van der Waals surface area (Å²) in [5.74, 6) is 0.821. The van der Waals surface area contributed by atoms with Gasteiger partial charge in [-0.25, -0.2) is 0 Å². The topological polar surface area (TPSA) is 38.5 Å². The average molecular weight is 254 g/mol. The third-order valence-electron chi connectivity index (χ3n) is 4.73. The van der Waals surface area contributed by atoms with Gasteiger partial charge in [-0.2, -0.15) is 0 Å². The van der Waals surface area contributed by atoms with Crippen LogP contribution in [0.1, 0.15) is 51.4 Å². The fraction of sp³-hybridized carbons (Fsp3) is 1.00. The molecule has 1 saturated heterocycles. The van der Waals surface area contributed by atoms with Crippen LogP contribution >= 0.6 is 0 Å². The number of hydrogen-bond donors (Lipinski definition) is 1. The summed E-state index contributed by atoms with van der Waals surface area (Å²) in [5, 5.41) is 0. The van der Waals surface area contributed by atoms with E-state index in [4.69, 9.17) is 10.5 Å². The van der Waals surface area contributed by atoms with Crippen LogP contribution in [0.5, 0.6) is 0 Å². The minimum absolute atomic E-state index is 0.384. The first kappa shape index (κ1) is 14.3. The van der Waals surface area contributed by atoms with Crippen LogP contribution in [0.3, 0.4) is 0 Å². The molecular weight excluding hydrogens is 224 g/mol. The molecule has 0 aromatic rings. The van der Waals surface area contributed by atoms with E-state index in [0.717, 1.165) is 19.1 Å². The molecule has 1 heterocycles. The van der Waals surface area contributed by atoms with Crippen molar-refractivity contribution in [1.29, 1.82) is 0 Å². The highest BCUT2D eigenvalue weighted by atomic mass is 16.5. The molecule has 0 aromatic heterocycles. The Morgan fingerprint density at radius 3 is 2.39 bits per heavy atom. The summed E-state index contributed by atoms with van der Waals surface area (Å²) in [6, 6.07) is 0.989. The van der Waals surface area contributed by atoms with Crippen molar-refractivity contribution in [3.8, 4) is 0 Å². The normalized spacial score (nSPS) is 32.2. The van der Waals surface area contributed by atoms with Gasteiger partial charge in [-0.3, -0.25) is 0 Å². The molecule has 0 amide bonds. The van der Waals surface area contributed by atoms with Crippen molar-refractivity contribution < 1.29 is 4.74 Å². The summed E-state index contributed by atoms with van der Waals surface area (Å²) in [4.78, 5) is 2.55. The monoisotopic (exact) mass is 254 g/mol. The number of nitrogens with zero attached hydrogens (tertiary/aromatic N) is 1. The molecule has 2 aliphatic rings. The summed E-state index contributed by atoms with van der Waals surface area (Å²) < 4.78 is 5.44. The third-order valence-corrected chi connectivity index (χ3v) is 4.73. The van der Waals surface area contributed by atoms with Crippen molar-refractivity contribution in [2.24, 2.45) is 11.7 Å². The van der Waals surface area contributed by atoms with Gasteiger partial charge in [0.1, 0.15) is 0 Å². The highest BCUT2D eigenvalue weighted by Gasteiger charge is 2.25. The molecule has 2 fully saturated rings. The average Bonchev–Trinajstić information content (AvgIpc) is 2.35. The molecule has 2 rings (SSSR count). The summed E-state index contributed by atoms with van der Waals surface area (Å²) in [6.07, 6.45) is 10.4. The Labute approximate surface area is 112 Å². The third kappa shape index (κ3) is 4.22. The van der Waals surface area contributed by atoms with E-state index in [1.54, 1.807) is 0 Å². The van der Waals surface area contributed by atoms with Gasteiger partial charge in [-0.15, -0.1) is 0 Å². The van der Waals surface area contributed by atoms with E-state index in [1.165, 1.54) is 57.9 Å². The van der Waals surface area contributed by atoms with E-state index in [2.05, 4.69) is 11.9 Å². The van der Waals surface area contributed by atoms with Gasteiger partial charge in [0.05, 0.1) is 0 Å². The standard InChI is InChI=1S/C15H30N2O/c1-17(12-13-8-10-18-11-9-13)15-7-5-3-2-4-6-14(15)16/h13-15H,2-12,16H2,1H3. The van der Waals surface area contributed by atoms with E-state index in [-0.39, 0.29) is 0 Å². The molecule has 0 spiro atoms. The predicted octanol–water partition coefficient (Wildman–Crippen LogP) is 2.39. The number of hydrogen-bond acceptors (Lipinski definition) is 3. The summed E-state index contributed by atoms with van der Waals surface area (Å²) in [5.41, 5.74) is 6.39. The molecule has 2 N–H and O–H groups in total. The number of likely N-dealkylation sites (N-methyl/N-ethyl adjacent to an activating group) is 1. The second kappa shape index (κ2) is 7.46. The van der Waals surface area contributed by atoms with Crippen LogP contribution in [0.2, 0.25) is 0 Å². The maximum absolute atomic E-state index is 6.39. The zero-order valence-corrected chi connectivity index (χ0v) is 11.9. The molecule has 0 aromatic carbocycles. The maximum atomic E-state index is 6.39. The van der Waals surface area contributed by atoms with Crippen LogP contribution in [-0.4, -0.2) is 43.8 Å². The number of ether oxygens (including phenoxy) is 1. The molecule has 1 aliphatic heterocycles. The molecule has 106 valence electrons. The lowest BCUT2D eigenvalue weighted by atomic mass is 9.90. The Morgan fingerprint density at radius 1 is 1.00 bits per heavy atom. The van der Waals surface area contributed by atoms with Crippen LogP contribution < -0.4 is 5.73 Å². The smallest absolute Gasteiger partial charge is 0.0469 e. The van der Waals surface area contributed by atoms with Crippen molar-refractivity contribution in [2.45, 2.75) is 63.5 Å². The lowest BCUT2D eigenvalue weighted by molar-refractivity contribution is 0.0465. The Hall–Kier alpha value is -0.120. The Balaban J connectivity index is 1.82. The van der Waals surface area contributed by atoms with Crippen molar-refractivity contribution in [3.63, 3.8) is 0 Å². The van der Waals surface area contributed by atoms with Gasteiger partial charge >= 0.3 is 0 Å². The number of rotatable bonds is 3. The lowest BCUT2D eigenvalue weighted by Gasteiger charge is -2.37. The molecule has 2 unspecified atom stereocenters. The van der Waals surface area contributed by atoms with Crippen molar-refractivity contribution >= 4 is 0 Å². The van der Waals surface area contributed by atoms with E-state index < -0.39 is 0 Å². The first-order valence-corrected chi connectivity index (χ1v) is 7.81. The molecular formula is C15H30N2O. The van der Waals surface area contributed by atoms with Crippen LogP contribution in [0, 0.1) is 5.92 Å². The second-order valence-corrected chi connectivity index (χ2v) is 6.22. The number of nitrogens with two attached hydrogens (primary N) is 1. The van der Waals surface area contributed by atoms with Crippen LogP contribution in [0.15, 0.2) is 0 Å².